The number of carbonyl (C=O) groups excluding carboxylic acids is 2. The summed E-state index contributed by atoms with van der Waals surface area (Å²) >= 11 is 3.42. The van der Waals surface area contributed by atoms with Crippen LogP contribution in [0.25, 0.3) is 0 Å². The van der Waals surface area contributed by atoms with Crippen LogP contribution in [0.4, 0.5) is 11.4 Å². The highest BCUT2D eigenvalue weighted by molar-refractivity contribution is 9.10. The van der Waals surface area contributed by atoms with Gasteiger partial charge in [0.1, 0.15) is 5.75 Å². The van der Waals surface area contributed by atoms with E-state index in [0.717, 1.165) is 10.0 Å². The molecule has 0 saturated heterocycles. The van der Waals surface area contributed by atoms with E-state index < -0.39 is 0 Å². The van der Waals surface area contributed by atoms with Crippen molar-refractivity contribution >= 4 is 39.1 Å². The fourth-order valence-corrected chi connectivity index (χ4v) is 2.52. The molecule has 0 aliphatic rings. The van der Waals surface area contributed by atoms with Gasteiger partial charge in [-0.25, -0.2) is 0 Å². The molecule has 0 radical (unpaired) electrons. The van der Waals surface area contributed by atoms with Crippen molar-refractivity contribution in [3.8, 4) is 5.75 Å². The third kappa shape index (κ3) is 6.52. The average Bonchev–Trinajstić information content (AvgIpc) is 2.57. The predicted molar refractivity (Wildman–Crippen MR) is 108 cm³/mol. The lowest BCUT2D eigenvalue weighted by Gasteiger charge is -2.10. The summed E-state index contributed by atoms with van der Waals surface area (Å²) in [5.74, 6) is 0.685. The van der Waals surface area contributed by atoms with Crippen LogP contribution in [0, 0.1) is 12.8 Å². The zero-order chi connectivity index (χ0) is 19.1. The molecular formula is C20H23BrN2O3. The number of amides is 2. The van der Waals surface area contributed by atoms with Crippen LogP contribution in [0.1, 0.15) is 25.8 Å². The Morgan fingerprint density at radius 1 is 1.00 bits per heavy atom. The van der Waals surface area contributed by atoms with E-state index in [9.17, 15) is 9.59 Å². The van der Waals surface area contributed by atoms with E-state index >= 15 is 0 Å². The van der Waals surface area contributed by atoms with Crippen molar-refractivity contribution < 1.29 is 14.3 Å². The first-order chi connectivity index (χ1) is 12.3. The number of carbonyl (C=O) groups is 2. The summed E-state index contributed by atoms with van der Waals surface area (Å²) in [6.45, 7) is 5.87. The van der Waals surface area contributed by atoms with Gasteiger partial charge in [-0.05, 0) is 60.9 Å². The molecule has 0 spiro atoms. The standard InChI is InChI=1S/C20H23BrN2O3/c1-13(2)10-19(24)22-15-4-6-16(7-5-15)23-20(25)12-26-17-8-9-18(21)14(3)11-17/h4-9,11,13H,10,12H2,1-3H3,(H,22,24)(H,23,25). The van der Waals surface area contributed by atoms with Crippen LogP contribution in [-0.4, -0.2) is 18.4 Å². The molecule has 5 nitrogen and oxygen atoms in total. The molecule has 26 heavy (non-hydrogen) atoms. The van der Waals surface area contributed by atoms with E-state index in [1.165, 1.54) is 0 Å². The largest absolute Gasteiger partial charge is 0.484 e. The number of anilines is 2. The number of benzene rings is 2. The Kier molecular flexibility index (Phi) is 7.21. The Hall–Kier alpha value is -2.34. The predicted octanol–water partition coefficient (Wildman–Crippen LogP) is 4.76. The lowest BCUT2D eigenvalue weighted by atomic mass is 10.1. The normalized spacial score (nSPS) is 10.5. The molecule has 0 aliphatic carbocycles. The second kappa shape index (κ2) is 9.38. The molecular weight excluding hydrogens is 396 g/mol. The van der Waals surface area contributed by atoms with Gasteiger partial charge in [0, 0.05) is 22.3 Å². The van der Waals surface area contributed by atoms with Gasteiger partial charge >= 0.3 is 0 Å². The topological polar surface area (TPSA) is 67.4 Å². The molecule has 0 unspecified atom stereocenters. The monoisotopic (exact) mass is 418 g/mol. The van der Waals surface area contributed by atoms with Crippen LogP contribution in [0.3, 0.4) is 0 Å². The van der Waals surface area contributed by atoms with Gasteiger partial charge in [-0.15, -0.1) is 0 Å². The molecule has 2 aromatic carbocycles. The van der Waals surface area contributed by atoms with E-state index in [1.807, 2.05) is 32.9 Å². The van der Waals surface area contributed by atoms with Crippen LogP contribution >= 0.6 is 15.9 Å². The molecule has 138 valence electrons. The van der Waals surface area contributed by atoms with E-state index in [-0.39, 0.29) is 18.4 Å². The van der Waals surface area contributed by atoms with Crippen LogP contribution in [0.15, 0.2) is 46.9 Å². The van der Waals surface area contributed by atoms with E-state index in [0.29, 0.717) is 29.5 Å². The molecule has 0 heterocycles. The fourth-order valence-electron chi connectivity index (χ4n) is 2.27. The number of rotatable bonds is 7. The Morgan fingerprint density at radius 2 is 1.58 bits per heavy atom. The van der Waals surface area contributed by atoms with Crippen molar-refractivity contribution in [3.05, 3.63) is 52.5 Å². The number of aryl methyl sites for hydroxylation is 1. The van der Waals surface area contributed by atoms with Crippen molar-refractivity contribution in [1.82, 2.24) is 0 Å². The van der Waals surface area contributed by atoms with Crippen LogP contribution < -0.4 is 15.4 Å². The number of nitrogens with one attached hydrogen (secondary N) is 2. The summed E-state index contributed by atoms with van der Waals surface area (Å²) in [5, 5.41) is 5.60. The second-order valence-corrected chi connectivity index (χ2v) is 7.33. The molecule has 6 heteroatoms. The van der Waals surface area contributed by atoms with E-state index in [4.69, 9.17) is 4.74 Å². The van der Waals surface area contributed by atoms with Crippen molar-refractivity contribution in [1.29, 1.82) is 0 Å². The highest BCUT2D eigenvalue weighted by atomic mass is 79.9. The first kappa shape index (κ1) is 20.0. The third-order valence-corrected chi connectivity index (χ3v) is 4.44. The summed E-state index contributed by atoms with van der Waals surface area (Å²) in [5.41, 5.74) is 2.39. The minimum atomic E-state index is -0.248. The van der Waals surface area contributed by atoms with Crippen molar-refractivity contribution in [2.24, 2.45) is 5.92 Å². The Labute approximate surface area is 162 Å². The number of hydrogen-bond acceptors (Lipinski definition) is 3. The summed E-state index contributed by atoms with van der Waals surface area (Å²) < 4.78 is 6.49. The molecule has 2 N–H and O–H groups in total. The second-order valence-electron chi connectivity index (χ2n) is 6.47. The number of hydrogen-bond donors (Lipinski definition) is 2. The van der Waals surface area contributed by atoms with Crippen LogP contribution in [-0.2, 0) is 9.59 Å². The smallest absolute Gasteiger partial charge is 0.262 e. The summed E-state index contributed by atoms with van der Waals surface area (Å²) in [6.07, 6.45) is 0.478. The summed E-state index contributed by atoms with van der Waals surface area (Å²) in [7, 11) is 0. The molecule has 0 saturated carbocycles. The quantitative estimate of drug-likeness (QED) is 0.680. The minimum Gasteiger partial charge on any atom is -0.484 e. The maximum atomic E-state index is 12.0. The van der Waals surface area contributed by atoms with Gasteiger partial charge in [0.15, 0.2) is 6.61 Å². The Balaban J connectivity index is 1.83. The van der Waals surface area contributed by atoms with Gasteiger partial charge in [-0.2, -0.15) is 0 Å². The molecule has 0 aliphatic heterocycles. The summed E-state index contributed by atoms with van der Waals surface area (Å²) in [4.78, 5) is 23.8. The van der Waals surface area contributed by atoms with Crippen molar-refractivity contribution in [2.45, 2.75) is 27.2 Å². The van der Waals surface area contributed by atoms with Gasteiger partial charge in [0.25, 0.3) is 5.91 Å². The fraction of sp³-hybridized carbons (Fsp3) is 0.300. The van der Waals surface area contributed by atoms with Crippen LogP contribution in [0.5, 0.6) is 5.75 Å². The maximum absolute atomic E-state index is 12.0. The molecule has 2 aromatic rings. The number of halogens is 1. The molecule has 0 aromatic heterocycles. The third-order valence-electron chi connectivity index (χ3n) is 3.55. The molecule has 0 atom stereocenters. The molecule has 0 bridgehead atoms. The first-order valence-corrected chi connectivity index (χ1v) is 9.21. The Bertz CT molecular complexity index is 773. The minimum absolute atomic E-state index is 0.0185. The van der Waals surface area contributed by atoms with Gasteiger partial charge in [-0.3, -0.25) is 9.59 Å². The SMILES string of the molecule is Cc1cc(OCC(=O)Nc2ccc(NC(=O)CC(C)C)cc2)ccc1Br. The average molecular weight is 419 g/mol. The number of ether oxygens (including phenoxy) is 1. The zero-order valence-corrected chi connectivity index (χ0v) is 16.7. The zero-order valence-electron chi connectivity index (χ0n) is 15.1. The molecule has 2 amide bonds. The Morgan fingerprint density at radius 3 is 2.12 bits per heavy atom. The van der Waals surface area contributed by atoms with Gasteiger partial charge in [0.2, 0.25) is 5.91 Å². The van der Waals surface area contributed by atoms with E-state index in [1.54, 1.807) is 30.3 Å². The van der Waals surface area contributed by atoms with Gasteiger partial charge in [-0.1, -0.05) is 29.8 Å². The lowest BCUT2D eigenvalue weighted by Crippen LogP contribution is -2.20. The van der Waals surface area contributed by atoms with Crippen molar-refractivity contribution in [3.63, 3.8) is 0 Å². The van der Waals surface area contributed by atoms with Crippen LogP contribution in [0.2, 0.25) is 0 Å². The highest BCUT2D eigenvalue weighted by Gasteiger charge is 2.07. The summed E-state index contributed by atoms with van der Waals surface area (Å²) in [6, 6.07) is 12.6. The highest BCUT2D eigenvalue weighted by Crippen LogP contribution is 2.21. The van der Waals surface area contributed by atoms with Gasteiger partial charge < -0.3 is 15.4 Å². The maximum Gasteiger partial charge on any atom is 0.262 e. The lowest BCUT2D eigenvalue weighted by molar-refractivity contribution is -0.118. The molecule has 0 fully saturated rings. The first-order valence-electron chi connectivity index (χ1n) is 8.42. The molecule has 2 rings (SSSR count). The van der Waals surface area contributed by atoms with Gasteiger partial charge in [0.05, 0.1) is 0 Å². The van der Waals surface area contributed by atoms with E-state index in [2.05, 4.69) is 26.6 Å². The van der Waals surface area contributed by atoms with Crippen molar-refractivity contribution in [2.75, 3.05) is 17.2 Å².